The summed E-state index contributed by atoms with van der Waals surface area (Å²) in [6, 6.07) is 10.3. The van der Waals surface area contributed by atoms with Gasteiger partial charge in [0.2, 0.25) is 0 Å². The number of H-pyrrole nitrogens is 1. The van der Waals surface area contributed by atoms with Gasteiger partial charge in [-0.1, -0.05) is 30.3 Å². The third-order valence-corrected chi connectivity index (χ3v) is 3.72. The van der Waals surface area contributed by atoms with Crippen LogP contribution >= 0.6 is 0 Å². The Morgan fingerprint density at radius 1 is 1.30 bits per heavy atom. The molecule has 2 aromatic rings. The summed E-state index contributed by atoms with van der Waals surface area (Å²) in [5.74, 6) is 0.546. The lowest BCUT2D eigenvalue weighted by Crippen LogP contribution is -2.33. The minimum Gasteiger partial charge on any atom is -0.383 e. The molecule has 1 aromatic carbocycles. The predicted molar refractivity (Wildman–Crippen MR) is 77.9 cm³/mol. The molecular formula is C14H16N4O2. The molecule has 1 aromatic heterocycles. The van der Waals surface area contributed by atoms with Crippen LogP contribution in [0.1, 0.15) is 17.9 Å². The average Bonchev–Trinajstić information content (AvgIpc) is 3.22. The van der Waals surface area contributed by atoms with Gasteiger partial charge in [0.05, 0.1) is 0 Å². The number of aromatic amines is 1. The van der Waals surface area contributed by atoms with Crippen molar-refractivity contribution in [3.63, 3.8) is 0 Å². The molecule has 6 heteroatoms. The van der Waals surface area contributed by atoms with E-state index in [1.807, 2.05) is 18.2 Å². The summed E-state index contributed by atoms with van der Waals surface area (Å²) in [5.41, 5.74) is 6.36. The van der Waals surface area contributed by atoms with Gasteiger partial charge in [0.15, 0.2) is 0 Å². The molecule has 0 spiro atoms. The van der Waals surface area contributed by atoms with Crippen LogP contribution in [0.25, 0.3) is 0 Å². The Morgan fingerprint density at radius 2 is 2.00 bits per heavy atom. The minimum atomic E-state index is -0.506. The van der Waals surface area contributed by atoms with E-state index in [0.717, 1.165) is 6.42 Å². The number of nitrogens with zero attached hydrogens (tertiary/aromatic N) is 1. The number of rotatable bonds is 3. The Bertz CT molecular complexity index is 748. The van der Waals surface area contributed by atoms with E-state index in [-0.39, 0.29) is 17.5 Å². The highest BCUT2D eigenvalue weighted by molar-refractivity contribution is 5.62. The number of nitrogens with one attached hydrogen (secondary N) is 2. The number of hydrogen-bond donors (Lipinski definition) is 3. The molecule has 104 valence electrons. The molecule has 0 saturated heterocycles. The van der Waals surface area contributed by atoms with Crippen molar-refractivity contribution in [2.45, 2.75) is 18.4 Å². The van der Waals surface area contributed by atoms with Gasteiger partial charge in [-0.05, 0) is 12.0 Å². The molecule has 0 aliphatic heterocycles. The Hall–Kier alpha value is -2.50. The summed E-state index contributed by atoms with van der Waals surface area (Å²) in [7, 11) is 1.53. The van der Waals surface area contributed by atoms with Crippen LogP contribution in [0.2, 0.25) is 0 Å². The number of aromatic nitrogens is 2. The van der Waals surface area contributed by atoms with Gasteiger partial charge < -0.3 is 11.1 Å². The van der Waals surface area contributed by atoms with E-state index in [9.17, 15) is 9.59 Å². The predicted octanol–water partition coefficient (Wildman–Crippen LogP) is 0.624. The topological polar surface area (TPSA) is 92.9 Å². The minimum absolute atomic E-state index is 0.164. The molecule has 4 N–H and O–H groups in total. The van der Waals surface area contributed by atoms with Crippen LogP contribution in [-0.2, 0) is 7.05 Å². The van der Waals surface area contributed by atoms with Crippen molar-refractivity contribution in [1.82, 2.24) is 9.55 Å². The zero-order valence-corrected chi connectivity index (χ0v) is 11.1. The number of nitrogen functional groups attached to an aromatic ring is 1. The van der Waals surface area contributed by atoms with Crippen molar-refractivity contribution >= 4 is 11.5 Å². The first-order valence-corrected chi connectivity index (χ1v) is 6.48. The Balaban J connectivity index is 1.83. The van der Waals surface area contributed by atoms with Crippen LogP contribution in [-0.4, -0.2) is 15.6 Å². The third kappa shape index (κ3) is 2.09. The van der Waals surface area contributed by atoms with E-state index in [0.29, 0.717) is 5.92 Å². The highest BCUT2D eigenvalue weighted by Crippen LogP contribution is 2.42. The Labute approximate surface area is 115 Å². The summed E-state index contributed by atoms with van der Waals surface area (Å²) in [6.45, 7) is 0. The summed E-state index contributed by atoms with van der Waals surface area (Å²) >= 11 is 0. The zero-order chi connectivity index (χ0) is 14.3. The van der Waals surface area contributed by atoms with Gasteiger partial charge in [0, 0.05) is 19.0 Å². The first-order chi connectivity index (χ1) is 9.58. The van der Waals surface area contributed by atoms with E-state index in [1.165, 1.54) is 17.2 Å². The van der Waals surface area contributed by atoms with Crippen LogP contribution in [0, 0.1) is 0 Å². The molecule has 0 amide bonds. The van der Waals surface area contributed by atoms with Crippen LogP contribution < -0.4 is 22.3 Å². The zero-order valence-electron chi connectivity index (χ0n) is 11.1. The summed E-state index contributed by atoms with van der Waals surface area (Å²) in [5, 5.41) is 3.14. The molecule has 2 atom stereocenters. The lowest BCUT2D eigenvalue weighted by molar-refractivity contribution is 0.812. The number of nitrogens with two attached hydrogens (primary N) is 1. The van der Waals surface area contributed by atoms with Gasteiger partial charge in [-0.3, -0.25) is 14.3 Å². The van der Waals surface area contributed by atoms with Gasteiger partial charge in [-0.25, -0.2) is 4.79 Å². The Kier molecular flexibility index (Phi) is 2.85. The number of benzene rings is 1. The van der Waals surface area contributed by atoms with Crippen LogP contribution in [0.3, 0.4) is 0 Å². The lowest BCUT2D eigenvalue weighted by Gasteiger charge is -2.10. The summed E-state index contributed by atoms with van der Waals surface area (Å²) in [4.78, 5) is 25.5. The SMILES string of the molecule is Cn1c(N)c(NC2CC2c2ccccc2)c(=O)[nH]c1=O. The fraction of sp³-hybridized carbons (Fsp3) is 0.286. The van der Waals surface area contributed by atoms with Crippen molar-refractivity contribution in [3.8, 4) is 0 Å². The molecule has 6 nitrogen and oxygen atoms in total. The maximum Gasteiger partial charge on any atom is 0.329 e. The number of hydrogen-bond acceptors (Lipinski definition) is 4. The fourth-order valence-electron chi connectivity index (χ4n) is 2.38. The van der Waals surface area contributed by atoms with Gasteiger partial charge in [0.25, 0.3) is 5.56 Å². The molecule has 3 rings (SSSR count). The Morgan fingerprint density at radius 3 is 2.70 bits per heavy atom. The van der Waals surface area contributed by atoms with E-state index in [2.05, 4.69) is 22.4 Å². The van der Waals surface area contributed by atoms with Crippen LogP contribution in [0.4, 0.5) is 11.5 Å². The molecule has 1 fully saturated rings. The van der Waals surface area contributed by atoms with E-state index in [1.54, 1.807) is 0 Å². The van der Waals surface area contributed by atoms with Crippen molar-refractivity contribution in [3.05, 3.63) is 56.7 Å². The highest BCUT2D eigenvalue weighted by Gasteiger charge is 2.39. The standard InChI is InChI=1S/C14H16N4O2/c1-18-12(15)11(13(19)17-14(18)20)16-10-7-9(10)8-5-3-2-4-6-8/h2-6,9-10,16H,7,15H2,1H3,(H,17,19,20). The highest BCUT2D eigenvalue weighted by atomic mass is 16.2. The van der Waals surface area contributed by atoms with E-state index >= 15 is 0 Å². The molecule has 0 bridgehead atoms. The van der Waals surface area contributed by atoms with Gasteiger partial charge in [-0.15, -0.1) is 0 Å². The second kappa shape index (κ2) is 4.56. The van der Waals surface area contributed by atoms with E-state index in [4.69, 9.17) is 5.73 Å². The molecule has 0 radical (unpaired) electrons. The quantitative estimate of drug-likeness (QED) is 0.763. The molecule has 1 saturated carbocycles. The molecule has 1 aliphatic carbocycles. The summed E-state index contributed by atoms with van der Waals surface area (Å²) in [6.07, 6.45) is 0.950. The molecule has 1 aliphatic rings. The fourth-order valence-corrected chi connectivity index (χ4v) is 2.38. The third-order valence-electron chi connectivity index (χ3n) is 3.72. The second-order valence-corrected chi connectivity index (χ2v) is 5.08. The largest absolute Gasteiger partial charge is 0.383 e. The first kappa shape index (κ1) is 12.5. The maximum atomic E-state index is 11.8. The molecule has 2 unspecified atom stereocenters. The molecule has 1 heterocycles. The van der Waals surface area contributed by atoms with Gasteiger partial charge >= 0.3 is 5.69 Å². The first-order valence-electron chi connectivity index (χ1n) is 6.48. The van der Waals surface area contributed by atoms with Crippen molar-refractivity contribution in [2.75, 3.05) is 11.1 Å². The maximum absolute atomic E-state index is 11.8. The van der Waals surface area contributed by atoms with Crippen LogP contribution in [0.5, 0.6) is 0 Å². The monoisotopic (exact) mass is 272 g/mol. The molecule has 20 heavy (non-hydrogen) atoms. The molecular weight excluding hydrogens is 256 g/mol. The average molecular weight is 272 g/mol. The van der Waals surface area contributed by atoms with Gasteiger partial charge in [-0.2, -0.15) is 0 Å². The van der Waals surface area contributed by atoms with E-state index < -0.39 is 11.2 Å². The summed E-state index contributed by atoms with van der Waals surface area (Å²) < 4.78 is 1.23. The van der Waals surface area contributed by atoms with Crippen LogP contribution in [0.15, 0.2) is 39.9 Å². The number of anilines is 2. The lowest BCUT2D eigenvalue weighted by atomic mass is 10.1. The second-order valence-electron chi connectivity index (χ2n) is 5.08. The normalized spacial score (nSPS) is 20.6. The van der Waals surface area contributed by atoms with Crippen molar-refractivity contribution < 1.29 is 0 Å². The van der Waals surface area contributed by atoms with Crippen molar-refractivity contribution in [1.29, 1.82) is 0 Å². The van der Waals surface area contributed by atoms with Gasteiger partial charge in [0.1, 0.15) is 11.5 Å². The van der Waals surface area contributed by atoms with Crippen molar-refractivity contribution in [2.24, 2.45) is 7.05 Å². The smallest absolute Gasteiger partial charge is 0.329 e.